The number of esters is 2. The van der Waals surface area contributed by atoms with Gasteiger partial charge in [0.1, 0.15) is 12.7 Å². The summed E-state index contributed by atoms with van der Waals surface area (Å²) in [5.41, 5.74) is 0. The van der Waals surface area contributed by atoms with Gasteiger partial charge in [-0.2, -0.15) is 0 Å². The first-order valence-electron chi connectivity index (χ1n) is 20.9. The quantitative estimate of drug-likeness (QED) is 0.0239. The van der Waals surface area contributed by atoms with Crippen molar-refractivity contribution in [3.05, 3.63) is 72.9 Å². The van der Waals surface area contributed by atoms with E-state index in [4.69, 9.17) is 19.1 Å². The summed E-state index contributed by atoms with van der Waals surface area (Å²) in [6.45, 7) is 2.22. The standard InChI is InChI=1S/C44H75O10P/c1-3-5-7-9-11-13-15-17-19-20-22-23-25-27-29-31-33-35-43(47)51-39-42(40-53-55(49,50)52-38-41(46)37-45)54-44(48)36-34-32-30-28-26-24-21-18-16-14-12-10-8-6-4-2/h11-14,17-19,21-23,27,29,41-42,45-46H,3-10,15-16,20,24-26,28,30-40H2,1-2H3,(H,49,50)/b13-11+,14-12+,19-17+,21-18+,23-22+,29-27+/t41-,42+/m0/s1. The monoisotopic (exact) mass is 795 g/mol. The first kappa shape index (κ1) is 52.4. The Bertz CT molecular complexity index is 1140. The van der Waals surface area contributed by atoms with Crippen LogP contribution < -0.4 is 0 Å². The lowest BCUT2D eigenvalue weighted by Crippen LogP contribution is -2.29. The summed E-state index contributed by atoms with van der Waals surface area (Å²) in [5, 5.41) is 18.3. The molecule has 3 atom stereocenters. The van der Waals surface area contributed by atoms with Gasteiger partial charge in [0.05, 0.1) is 19.8 Å². The minimum atomic E-state index is -4.64. The summed E-state index contributed by atoms with van der Waals surface area (Å²) in [4.78, 5) is 34.9. The molecule has 0 aromatic rings. The Kier molecular flexibility index (Phi) is 37.8. The molecular formula is C44H75O10P. The molecule has 0 aromatic carbocycles. The van der Waals surface area contributed by atoms with E-state index < -0.39 is 51.8 Å². The van der Waals surface area contributed by atoms with E-state index in [1.165, 1.54) is 38.5 Å². The van der Waals surface area contributed by atoms with Gasteiger partial charge < -0.3 is 24.6 Å². The fourth-order valence-corrected chi connectivity index (χ4v) is 5.86. The maximum absolute atomic E-state index is 12.6. The third-order valence-corrected chi connectivity index (χ3v) is 9.28. The predicted octanol–water partition coefficient (Wildman–Crippen LogP) is 10.9. The summed E-state index contributed by atoms with van der Waals surface area (Å²) in [6, 6.07) is 0. The first-order chi connectivity index (χ1) is 26.7. The van der Waals surface area contributed by atoms with E-state index in [-0.39, 0.29) is 19.4 Å². The van der Waals surface area contributed by atoms with E-state index in [2.05, 4.69) is 85.2 Å². The summed E-state index contributed by atoms with van der Waals surface area (Å²) in [5.74, 6) is -1.01. The molecule has 0 heterocycles. The number of phosphoric ester groups is 1. The third kappa shape index (κ3) is 39.4. The van der Waals surface area contributed by atoms with E-state index >= 15 is 0 Å². The minimum Gasteiger partial charge on any atom is -0.462 e. The van der Waals surface area contributed by atoms with Crippen LogP contribution in [0.15, 0.2) is 72.9 Å². The Morgan fingerprint density at radius 1 is 0.545 bits per heavy atom. The summed E-state index contributed by atoms with van der Waals surface area (Å²) in [7, 11) is -4.64. The summed E-state index contributed by atoms with van der Waals surface area (Å²) >= 11 is 0. The molecule has 3 N–H and O–H groups in total. The molecule has 0 spiro atoms. The number of rotatable bonds is 38. The zero-order chi connectivity index (χ0) is 40.5. The highest BCUT2D eigenvalue weighted by molar-refractivity contribution is 7.47. The smallest absolute Gasteiger partial charge is 0.462 e. The number of carbonyl (C=O) groups is 2. The Labute approximate surface area is 333 Å². The van der Waals surface area contributed by atoms with Crippen LogP contribution in [0, 0.1) is 0 Å². The van der Waals surface area contributed by atoms with Crippen LogP contribution in [-0.4, -0.2) is 65.7 Å². The number of aliphatic hydroxyl groups excluding tert-OH is 2. The van der Waals surface area contributed by atoms with Crippen molar-refractivity contribution in [3.63, 3.8) is 0 Å². The maximum atomic E-state index is 12.6. The van der Waals surface area contributed by atoms with Crippen molar-refractivity contribution in [1.82, 2.24) is 0 Å². The number of phosphoric acid groups is 1. The highest BCUT2D eigenvalue weighted by atomic mass is 31.2. The molecule has 11 heteroatoms. The van der Waals surface area contributed by atoms with Crippen LogP contribution in [0.3, 0.4) is 0 Å². The number of allylic oxidation sites excluding steroid dienone is 12. The maximum Gasteiger partial charge on any atom is 0.472 e. The zero-order valence-electron chi connectivity index (χ0n) is 34.1. The lowest BCUT2D eigenvalue weighted by atomic mass is 10.1. The molecule has 0 saturated carbocycles. The predicted molar refractivity (Wildman–Crippen MR) is 223 cm³/mol. The molecule has 1 unspecified atom stereocenters. The highest BCUT2D eigenvalue weighted by Crippen LogP contribution is 2.43. The largest absolute Gasteiger partial charge is 0.472 e. The van der Waals surface area contributed by atoms with Gasteiger partial charge in [0.15, 0.2) is 6.10 Å². The SMILES string of the molecule is CCCCC/C=C/C/C=C/C/C=C/C/C=C/CCCC(=O)OC[C@H](COP(=O)(O)OC[C@@H](O)CO)OC(=O)CCCCCCC/C=C/C/C=C/CCCCC. The van der Waals surface area contributed by atoms with E-state index in [1.54, 1.807) is 0 Å². The van der Waals surface area contributed by atoms with Crippen LogP contribution in [0.4, 0.5) is 0 Å². The molecule has 0 bridgehead atoms. The second kappa shape index (κ2) is 39.6. The lowest BCUT2D eigenvalue weighted by molar-refractivity contribution is -0.161. The molecule has 316 valence electrons. The lowest BCUT2D eigenvalue weighted by Gasteiger charge is -2.20. The highest BCUT2D eigenvalue weighted by Gasteiger charge is 2.27. The van der Waals surface area contributed by atoms with Gasteiger partial charge in [-0.3, -0.25) is 18.6 Å². The number of hydrogen-bond acceptors (Lipinski definition) is 9. The normalized spacial score (nSPS) is 14.6. The van der Waals surface area contributed by atoms with Crippen molar-refractivity contribution in [2.24, 2.45) is 0 Å². The number of ether oxygens (including phenoxy) is 2. The van der Waals surface area contributed by atoms with Crippen LogP contribution in [0.5, 0.6) is 0 Å². The molecule has 10 nitrogen and oxygen atoms in total. The van der Waals surface area contributed by atoms with Gasteiger partial charge in [-0.05, 0) is 83.5 Å². The average Bonchev–Trinajstić information content (AvgIpc) is 3.17. The minimum absolute atomic E-state index is 0.153. The molecule has 55 heavy (non-hydrogen) atoms. The number of carbonyl (C=O) groups excluding carboxylic acids is 2. The van der Waals surface area contributed by atoms with E-state index in [0.29, 0.717) is 19.3 Å². The summed E-state index contributed by atoms with van der Waals surface area (Å²) < 4.78 is 32.6. The second-order valence-corrected chi connectivity index (χ2v) is 15.1. The zero-order valence-corrected chi connectivity index (χ0v) is 35.0. The molecule has 0 aliphatic rings. The van der Waals surface area contributed by atoms with Crippen molar-refractivity contribution >= 4 is 19.8 Å². The van der Waals surface area contributed by atoms with Crippen molar-refractivity contribution in [2.45, 2.75) is 167 Å². The number of aliphatic hydroxyl groups is 2. The van der Waals surface area contributed by atoms with Crippen molar-refractivity contribution in [2.75, 3.05) is 26.4 Å². The van der Waals surface area contributed by atoms with Crippen LogP contribution in [0.1, 0.15) is 155 Å². The molecule has 0 amide bonds. The van der Waals surface area contributed by atoms with Crippen molar-refractivity contribution in [1.29, 1.82) is 0 Å². The Morgan fingerprint density at radius 2 is 0.964 bits per heavy atom. The Balaban J connectivity index is 4.46. The topological polar surface area (TPSA) is 149 Å². The van der Waals surface area contributed by atoms with E-state index in [0.717, 1.165) is 70.6 Å². The number of hydrogen-bond donors (Lipinski definition) is 3. The van der Waals surface area contributed by atoms with Crippen LogP contribution in [-0.2, 0) is 32.7 Å². The average molecular weight is 795 g/mol. The molecule has 0 aliphatic heterocycles. The van der Waals surface area contributed by atoms with Crippen LogP contribution in [0.2, 0.25) is 0 Å². The Morgan fingerprint density at radius 3 is 1.47 bits per heavy atom. The fourth-order valence-electron chi connectivity index (χ4n) is 5.07. The molecule has 0 aliphatic carbocycles. The molecular weight excluding hydrogens is 719 g/mol. The second-order valence-electron chi connectivity index (χ2n) is 13.7. The van der Waals surface area contributed by atoms with Gasteiger partial charge in [0, 0.05) is 12.8 Å². The van der Waals surface area contributed by atoms with Gasteiger partial charge >= 0.3 is 19.8 Å². The van der Waals surface area contributed by atoms with Gasteiger partial charge in [-0.25, -0.2) is 4.57 Å². The van der Waals surface area contributed by atoms with Gasteiger partial charge in [-0.1, -0.05) is 132 Å². The van der Waals surface area contributed by atoms with Gasteiger partial charge in [-0.15, -0.1) is 0 Å². The summed E-state index contributed by atoms with van der Waals surface area (Å²) in [6.07, 6.45) is 44.4. The molecule has 0 fully saturated rings. The van der Waals surface area contributed by atoms with Crippen molar-refractivity contribution < 1.29 is 47.8 Å². The third-order valence-electron chi connectivity index (χ3n) is 8.33. The van der Waals surface area contributed by atoms with Crippen molar-refractivity contribution in [3.8, 4) is 0 Å². The van der Waals surface area contributed by atoms with Crippen LogP contribution >= 0.6 is 7.82 Å². The molecule has 0 aromatic heterocycles. The van der Waals surface area contributed by atoms with E-state index in [1.807, 2.05) is 6.08 Å². The van der Waals surface area contributed by atoms with Gasteiger partial charge in [0.25, 0.3) is 0 Å². The molecule has 0 radical (unpaired) electrons. The molecule has 0 rings (SSSR count). The van der Waals surface area contributed by atoms with Gasteiger partial charge in [0.2, 0.25) is 0 Å². The van der Waals surface area contributed by atoms with E-state index in [9.17, 15) is 24.2 Å². The molecule has 0 saturated heterocycles. The number of unbranched alkanes of at least 4 members (excludes halogenated alkanes) is 12. The fraction of sp³-hybridized carbons (Fsp3) is 0.682. The Hall–Kier alpha value is -2.59. The van der Waals surface area contributed by atoms with Crippen LogP contribution in [0.25, 0.3) is 0 Å². The first-order valence-corrected chi connectivity index (χ1v) is 22.4.